The molecule has 1 unspecified atom stereocenters. The Morgan fingerprint density at radius 1 is 1.27 bits per heavy atom. The third-order valence-corrected chi connectivity index (χ3v) is 3.05. The number of nitrogens with zero attached hydrogens (tertiary/aromatic N) is 2. The number of hydrogen-bond acceptors (Lipinski definition) is 5. The van der Waals surface area contributed by atoms with Crippen LogP contribution < -0.4 is 5.32 Å². The lowest BCUT2D eigenvalue weighted by molar-refractivity contribution is 0.132. The minimum Gasteiger partial charge on any atom is -0.445 e. The first-order valence-corrected chi connectivity index (χ1v) is 7.32. The van der Waals surface area contributed by atoms with Crippen molar-refractivity contribution in [3.05, 3.63) is 47.7 Å². The van der Waals surface area contributed by atoms with Crippen molar-refractivity contribution in [3.63, 3.8) is 0 Å². The predicted octanol–water partition coefficient (Wildman–Crippen LogP) is 3.39. The molecule has 1 heterocycles. The first kappa shape index (κ1) is 16.0. The second-order valence-electron chi connectivity index (χ2n) is 5.55. The van der Waals surface area contributed by atoms with Crippen molar-refractivity contribution in [1.82, 2.24) is 15.5 Å². The van der Waals surface area contributed by atoms with E-state index in [-0.39, 0.29) is 12.6 Å². The van der Waals surface area contributed by atoms with Crippen LogP contribution in [0.5, 0.6) is 0 Å². The maximum Gasteiger partial charge on any atom is 0.408 e. The van der Waals surface area contributed by atoms with Gasteiger partial charge in [0.05, 0.1) is 0 Å². The van der Waals surface area contributed by atoms with Crippen LogP contribution in [0.2, 0.25) is 0 Å². The smallest absolute Gasteiger partial charge is 0.408 e. The monoisotopic (exact) mass is 303 g/mol. The zero-order valence-corrected chi connectivity index (χ0v) is 13.1. The van der Waals surface area contributed by atoms with Crippen LogP contribution in [0.4, 0.5) is 4.79 Å². The third kappa shape index (κ3) is 4.87. The lowest BCUT2D eigenvalue weighted by Crippen LogP contribution is -2.30. The molecule has 0 radical (unpaired) electrons. The number of aromatic nitrogens is 2. The molecule has 0 aliphatic heterocycles. The van der Waals surface area contributed by atoms with Gasteiger partial charge in [0, 0.05) is 6.92 Å². The highest BCUT2D eigenvalue weighted by Gasteiger charge is 2.22. The average Bonchev–Trinajstić information content (AvgIpc) is 2.92. The molecule has 2 rings (SSSR count). The number of amides is 1. The van der Waals surface area contributed by atoms with Crippen molar-refractivity contribution in [2.45, 2.75) is 39.8 Å². The fourth-order valence-electron chi connectivity index (χ4n) is 2.05. The lowest BCUT2D eigenvalue weighted by atomic mass is 10.0. The molecule has 6 heteroatoms. The van der Waals surface area contributed by atoms with Gasteiger partial charge >= 0.3 is 6.09 Å². The van der Waals surface area contributed by atoms with Gasteiger partial charge in [0.15, 0.2) is 0 Å². The topological polar surface area (TPSA) is 77.2 Å². The Labute approximate surface area is 129 Å². The SMILES string of the molecule is Cc1nnc(C(CC(C)C)NC(=O)OCc2ccccc2)o1. The Kier molecular flexibility index (Phi) is 5.52. The molecule has 118 valence electrons. The normalized spacial score (nSPS) is 12.2. The number of ether oxygens (including phenoxy) is 1. The molecule has 0 fully saturated rings. The van der Waals surface area contributed by atoms with Crippen LogP contribution in [0.1, 0.15) is 43.7 Å². The van der Waals surface area contributed by atoms with E-state index in [1.54, 1.807) is 6.92 Å². The second kappa shape index (κ2) is 7.59. The third-order valence-electron chi connectivity index (χ3n) is 3.05. The lowest BCUT2D eigenvalue weighted by Gasteiger charge is -2.17. The number of alkyl carbamates (subject to hydrolysis) is 1. The molecule has 0 aliphatic carbocycles. The molecular formula is C16H21N3O3. The van der Waals surface area contributed by atoms with Crippen LogP contribution in [0.15, 0.2) is 34.7 Å². The van der Waals surface area contributed by atoms with E-state index in [1.807, 2.05) is 30.3 Å². The van der Waals surface area contributed by atoms with Gasteiger partial charge in [-0.25, -0.2) is 4.79 Å². The number of hydrogen-bond donors (Lipinski definition) is 1. The van der Waals surface area contributed by atoms with Crippen LogP contribution in [0.3, 0.4) is 0 Å². The highest BCUT2D eigenvalue weighted by Crippen LogP contribution is 2.20. The summed E-state index contributed by atoms with van der Waals surface area (Å²) in [6, 6.07) is 9.18. The van der Waals surface area contributed by atoms with Gasteiger partial charge in [-0.3, -0.25) is 0 Å². The predicted molar refractivity (Wildman–Crippen MR) is 81.0 cm³/mol. The Hall–Kier alpha value is -2.37. The second-order valence-corrected chi connectivity index (χ2v) is 5.55. The standard InChI is InChI=1S/C16H21N3O3/c1-11(2)9-14(15-19-18-12(3)22-15)17-16(20)21-10-13-7-5-4-6-8-13/h4-8,11,14H,9-10H2,1-3H3,(H,17,20). The van der Waals surface area contributed by atoms with Gasteiger partial charge in [0.25, 0.3) is 0 Å². The van der Waals surface area contributed by atoms with E-state index in [9.17, 15) is 4.79 Å². The maximum absolute atomic E-state index is 12.0. The molecule has 0 saturated carbocycles. The van der Waals surface area contributed by atoms with Crippen molar-refractivity contribution in [2.75, 3.05) is 0 Å². The zero-order valence-electron chi connectivity index (χ0n) is 13.1. The van der Waals surface area contributed by atoms with Gasteiger partial charge in [-0.05, 0) is 17.9 Å². The number of aryl methyl sites for hydroxylation is 1. The summed E-state index contributed by atoms with van der Waals surface area (Å²) in [4.78, 5) is 12.0. The zero-order chi connectivity index (χ0) is 15.9. The summed E-state index contributed by atoms with van der Waals surface area (Å²) in [6.45, 7) is 6.07. The van der Waals surface area contributed by atoms with Gasteiger partial charge in [-0.1, -0.05) is 44.2 Å². The highest BCUT2D eigenvalue weighted by molar-refractivity contribution is 5.67. The Morgan fingerprint density at radius 3 is 2.59 bits per heavy atom. The van der Waals surface area contributed by atoms with Crippen LogP contribution >= 0.6 is 0 Å². The number of carbonyl (C=O) groups excluding carboxylic acids is 1. The van der Waals surface area contributed by atoms with Crippen LogP contribution in [0.25, 0.3) is 0 Å². The van der Waals surface area contributed by atoms with Crippen LogP contribution in [-0.4, -0.2) is 16.3 Å². The summed E-state index contributed by atoms with van der Waals surface area (Å²) in [5.74, 6) is 1.25. The van der Waals surface area contributed by atoms with E-state index in [0.717, 1.165) is 5.56 Å². The fourth-order valence-corrected chi connectivity index (χ4v) is 2.05. The molecule has 0 bridgehead atoms. The van der Waals surface area contributed by atoms with E-state index in [0.29, 0.717) is 24.1 Å². The highest BCUT2D eigenvalue weighted by atomic mass is 16.5. The van der Waals surface area contributed by atoms with E-state index in [2.05, 4.69) is 29.4 Å². The molecule has 22 heavy (non-hydrogen) atoms. The molecule has 0 spiro atoms. The van der Waals surface area contributed by atoms with E-state index < -0.39 is 6.09 Å². The number of nitrogens with one attached hydrogen (secondary N) is 1. The quantitative estimate of drug-likeness (QED) is 0.885. The van der Waals surface area contributed by atoms with Gasteiger partial charge in [-0.15, -0.1) is 10.2 Å². The minimum absolute atomic E-state index is 0.226. The molecule has 1 N–H and O–H groups in total. The van der Waals surface area contributed by atoms with Gasteiger partial charge in [0.1, 0.15) is 12.6 Å². The Balaban J connectivity index is 1.93. The average molecular weight is 303 g/mol. The van der Waals surface area contributed by atoms with Crippen molar-refractivity contribution >= 4 is 6.09 Å². The molecule has 1 aromatic heterocycles. The maximum atomic E-state index is 12.0. The van der Waals surface area contributed by atoms with E-state index in [1.165, 1.54) is 0 Å². The summed E-state index contributed by atoms with van der Waals surface area (Å²) >= 11 is 0. The molecule has 1 aromatic carbocycles. The minimum atomic E-state index is -0.495. The molecule has 2 aromatic rings. The molecule has 0 aliphatic rings. The van der Waals surface area contributed by atoms with Crippen molar-refractivity contribution < 1.29 is 13.9 Å². The van der Waals surface area contributed by atoms with Crippen molar-refractivity contribution in [2.24, 2.45) is 5.92 Å². The first-order chi connectivity index (χ1) is 10.5. The molecule has 1 atom stereocenters. The van der Waals surface area contributed by atoms with Crippen LogP contribution in [-0.2, 0) is 11.3 Å². The van der Waals surface area contributed by atoms with Crippen LogP contribution in [0, 0.1) is 12.8 Å². The van der Waals surface area contributed by atoms with Crippen molar-refractivity contribution in [3.8, 4) is 0 Å². The summed E-state index contributed by atoms with van der Waals surface area (Å²) < 4.78 is 10.6. The molecule has 0 saturated heterocycles. The first-order valence-electron chi connectivity index (χ1n) is 7.32. The van der Waals surface area contributed by atoms with Gasteiger partial charge in [-0.2, -0.15) is 0 Å². The summed E-state index contributed by atoms with van der Waals surface area (Å²) in [7, 11) is 0. The summed E-state index contributed by atoms with van der Waals surface area (Å²) in [5, 5.41) is 10.6. The van der Waals surface area contributed by atoms with E-state index >= 15 is 0 Å². The molecular weight excluding hydrogens is 282 g/mol. The Morgan fingerprint density at radius 2 is 2.00 bits per heavy atom. The number of benzene rings is 1. The fraction of sp³-hybridized carbons (Fsp3) is 0.438. The Bertz CT molecular complexity index is 596. The number of rotatable bonds is 6. The molecule has 6 nitrogen and oxygen atoms in total. The summed E-state index contributed by atoms with van der Waals surface area (Å²) in [6.07, 6.45) is 0.201. The summed E-state index contributed by atoms with van der Waals surface area (Å²) in [5.41, 5.74) is 0.937. The van der Waals surface area contributed by atoms with Crippen molar-refractivity contribution in [1.29, 1.82) is 0 Å². The van der Waals surface area contributed by atoms with Gasteiger partial charge in [0.2, 0.25) is 11.8 Å². The van der Waals surface area contributed by atoms with E-state index in [4.69, 9.17) is 9.15 Å². The largest absolute Gasteiger partial charge is 0.445 e. The van der Waals surface area contributed by atoms with Gasteiger partial charge < -0.3 is 14.5 Å². The number of carbonyl (C=O) groups is 1. The molecule has 1 amide bonds.